The van der Waals surface area contributed by atoms with Crippen LogP contribution in [0, 0.1) is 0 Å². The Labute approximate surface area is 123 Å². The average molecular weight is 354 g/mol. The van der Waals surface area contributed by atoms with Gasteiger partial charge in [0.25, 0.3) is 0 Å². The highest BCUT2D eigenvalue weighted by atomic mass is 79.9. The minimum atomic E-state index is -4.49. The lowest BCUT2D eigenvalue weighted by Crippen LogP contribution is -2.19. The number of anilines is 1. The summed E-state index contributed by atoms with van der Waals surface area (Å²) in [6.45, 7) is 1.93. The molecule has 0 aliphatic carbocycles. The average Bonchev–Trinajstić information content (AvgIpc) is 2.36. The fourth-order valence-corrected chi connectivity index (χ4v) is 1.82. The Balaban J connectivity index is 2.66. The molecular formula is C13H15BrF3NO2. The van der Waals surface area contributed by atoms with Crippen molar-refractivity contribution in [3.8, 4) is 0 Å². The second-order valence-electron chi connectivity index (χ2n) is 4.12. The van der Waals surface area contributed by atoms with Gasteiger partial charge >= 0.3 is 12.1 Å². The second-order valence-corrected chi connectivity index (χ2v) is 5.03. The Morgan fingerprint density at radius 1 is 1.40 bits per heavy atom. The highest BCUT2D eigenvalue weighted by Crippen LogP contribution is 2.36. The van der Waals surface area contributed by atoms with Crippen LogP contribution in [0.4, 0.5) is 18.9 Å². The molecule has 3 nitrogen and oxygen atoms in total. The van der Waals surface area contributed by atoms with Crippen molar-refractivity contribution in [2.75, 3.05) is 18.5 Å². The molecule has 0 bridgehead atoms. The summed E-state index contributed by atoms with van der Waals surface area (Å²) in [7, 11) is 0. The molecule has 0 saturated heterocycles. The predicted molar refractivity (Wildman–Crippen MR) is 73.5 cm³/mol. The number of nitrogens with one attached hydrogen (secondary N) is 1. The van der Waals surface area contributed by atoms with E-state index in [-0.39, 0.29) is 18.8 Å². The standard InChI is InChI=1S/C13H15BrF3NO2/c1-2-3-6-20-12(19)8-18-11-5-4-9(14)7-10(11)13(15,16)17/h4-5,7,18H,2-3,6,8H2,1H3. The molecule has 0 atom stereocenters. The maximum atomic E-state index is 12.8. The van der Waals surface area contributed by atoms with Crippen molar-refractivity contribution in [2.45, 2.75) is 25.9 Å². The zero-order valence-electron chi connectivity index (χ0n) is 10.9. The number of hydrogen-bond acceptors (Lipinski definition) is 3. The maximum Gasteiger partial charge on any atom is 0.418 e. The van der Waals surface area contributed by atoms with Crippen LogP contribution >= 0.6 is 15.9 Å². The molecule has 0 unspecified atom stereocenters. The minimum Gasteiger partial charge on any atom is -0.464 e. The lowest BCUT2D eigenvalue weighted by Gasteiger charge is -2.14. The zero-order chi connectivity index (χ0) is 15.2. The van der Waals surface area contributed by atoms with Gasteiger partial charge in [-0.25, -0.2) is 0 Å². The highest BCUT2D eigenvalue weighted by molar-refractivity contribution is 9.10. The number of carbonyl (C=O) groups excluding carboxylic acids is 1. The minimum absolute atomic E-state index is 0.145. The van der Waals surface area contributed by atoms with Crippen LogP contribution < -0.4 is 5.32 Å². The lowest BCUT2D eigenvalue weighted by molar-refractivity contribution is -0.142. The molecule has 1 rings (SSSR count). The van der Waals surface area contributed by atoms with E-state index in [1.165, 1.54) is 12.1 Å². The number of unbranched alkanes of at least 4 members (excludes halogenated alkanes) is 1. The van der Waals surface area contributed by atoms with E-state index in [0.29, 0.717) is 4.47 Å². The van der Waals surface area contributed by atoms with Crippen molar-refractivity contribution < 1.29 is 22.7 Å². The third-order valence-electron chi connectivity index (χ3n) is 2.47. The van der Waals surface area contributed by atoms with Gasteiger partial charge in [0.15, 0.2) is 0 Å². The van der Waals surface area contributed by atoms with Crippen molar-refractivity contribution in [1.29, 1.82) is 0 Å². The summed E-state index contributed by atoms with van der Waals surface area (Å²) in [5.74, 6) is -0.575. The number of rotatable bonds is 6. The molecule has 0 radical (unpaired) electrons. The normalized spacial score (nSPS) is 11.2. The topological polar surface area (TPSA) is 38.3 Å². The van der Waals surface area contributed by atoms with E-state index in [2.05, 4.69) is 21.2 Å². The summed E-state index contributed by atoms with van der Waals surface area (Å²) in [6, 6.07) is 3.71. The van der Waals surface area contributed by atoms with Crippen molar-refractivity contribution in [1.82, 2.24) is 0 Å². The quantitative estimate of drug-likeness (QED) is 0.614. The third kappa shape index (κ3) is 5.40. The van der Waals surface area contributed by atoms with Crippen LogP contribution in [0.2, 0.25) is 0 Å². The molecule has 0 heterocycles. The molecule has 0 fully saturated rings. The summed E-state index contributed by atoms with van der Waals surface area (Å²) in [6.07, 6.45) is -2.87. The number of alkyl halides is 3. The SMILES string of the molecule is CCCCOC(=O)CNc1ccc(Br)cc1C(F)(F)F. The van der Waals surface area contributed by atoms with Gasteiger partial charge in [-0.15, -0.1) is 0 Å². The number of carbonyl (C=O) groups is 1. The molecule has 0 spiro atoms. The molecule has 1 aromatic rings. The number of ether oxygens (including phenoxy) is 1. The van der Waals surface area contributed by atoms with Gasteiger partial charge in [0.2, 0.25) is 0 Å². The smallest absolute Gasteiger partial charge is 0.418 e. The van der Waals surface area contributed by atoms with Gasteiger partial charge < -0.3 is 10.1 Å². The Kier molecular flexibility index (Phi) is 6.32. The molecular weight excluding hydrogens is 339 g/mol. The van der Waals surface area contributed by atoms with Crippen molar-refractivity contribution in [2.24, 2.45) is 0 Å². The molecule has 0 saturated carbocycles. The number of benzene rings is 1. The predicted octanol–water partition coefficient (Wildman–Crippen LogP) is 4.22. The molecule has 0 amide bonds. The van der Waals surface area contributed by atoms with Gasteiger partial charge in [-0.1, -0.05) is 29.3 Å². The van der Waals surface area contributed by atoms with Gasteiger partial charge in [0.05, 0.1) is 12.2 Å². The van der Waals surface area contributed by atoms with Crippen LogP contribution in [-0.2, 0) is 15.7 Å². The van der Waals surface area contributed by atoms with Crippen LogP contribution in [0.25, 0.3) is 0 Å². The van der Waals surface area contributed by atoms with Gasteiger partial charge in [-0.2, -0.15) is 13.2 Å². The van der Waals surface area contributed by atoms with Crippen LogP contribution in [0.1, 0.15) is 25.3 Å². The van der Waals surface area contributed by atoms with E-state index in [9.17, 15) is 18.0 Å². The monoisotopic (exact) mass is 353 g/mol. The number of esters is 1. The van der Waals surface area contributed by atoms with Crippen molar-refractivity contribution >= 4 is 27.6 Å². The summed E-state index contributed by atoms with van der Waals surface area (Å²) in [5, 5.41) is 2.46. The van der Waals surface area contributed by atoms with E-state index in [4.69, 9.17) is 4.74 Å². The maximum absolute atomic E-state index is 12.8. The van der Waals surface area contributed by atoms with Crippen molar-refractivity contribution in [3.05, 3.63) is 28.2 Å². The first-order valence-corrected chi connectivity index (χ1v) is 6.90. The summed E-state index contributed by atoms with van der Waals surface area (Å²) in [4.78, 5) is 11.3. The van der Waals surface area contributed by atoms with Crippen LogP contribution in [0.5, 0.6) is 0 Å². The first kappa shape index (κ1) is 16.8. The fraction of sp³-hybridized carbons (Fsp3) is 0.462. The second kappa shape index (κ2) is 7.52. The lowest BCUT2D eigenvalue weighted by atomic mass is 10.1. The Bertz CT molecular complexity index is 463. The highest BCUT2D eigenvalue weighted by Gasteiger charge is 2.33. The van der Waals surface area contributed by atoms with Crippen LogP contribution in [0.15, 0.2) is 22.7 Å². The van der Waals surface area contributed by atoms with Gasteiger partial charge in [0, 0.05) is 10.2 Å². The van der Waals surface area contributed by atoms with Crippen LogP contribution in [-0.4, -0.2) is 19.1 Å². The Morgan fingerprint density at radius 2 is 2.10 bits per heavy atom. The Morgan fingerprint density at radius 3 is 2.70 bits per heavy atom. The van der Waals surface area contributed by atoms with Crippen LogP contribution in [0.3, 0.4) is 0 Å². The van der Waals surface area contributed by atoms with E-state index in [1.807, 2.05) is 6.92 Å². The number of halogens is 4. The molecule has 0 aliphatic rings. The first-order valence-electron chi connectivity index (χ1n) is 6.11. The van der Waals surface area contributed by atoms with Gasteiger partial charge in [-0.3, -0.25) is 4.79 Å². The molecule has 1 N–H and O–H groups in total. The largest absolute Gasteiger partial charge is 0.464 e. The third-order valence-corrected chi connectivity index (χ3v) is 2.96. The van der Waals surface area contributed by atoms with Gasteiger partial charge in [-0.05, 0) is 24.6 Å². The Hall–Kier alpha value is -1.24. The zero-order valence-corrected chi connectivity index (χ0v) is 12.5. The molecule has 7 heteroatoms. The fourth-order valence-electron chi connectivity index (χ4n) is 1.45. The van der Waals surface area contributed by atoms with Gasteiger partial charge in [0.1, 0.15) is 6.54 Å². The first-order chi connectivity index (χ1) is 9.34. The molecule has 0 aromatic heterocycles. The summed E-state index contributed by atoms with van der Waals surface area (Å²) in [5.41, 5.74) is -0.971. The number of hydrogen-bond donors (Lipinski definition) is 1. The van der Waals surface area contributed by atoms with E-state index >= 15 is 0 Å². The van der Waals surface area contributed by atoms with Crippen molar-refractivity contribution in [3.63, 3.8) is 0 Å². The molecule has 1 aromatic carbocycles. The summed E-state index contributed by atoms with van der Waals surface area (Å²) >= 11 is 2.99. The molecule has 20 heavy (non-hydrogen) atoms. The van der Waals surface area contributed by atoms with E-state index in [0.717, 1.165) is 18.9 Å². The molecule has 0 aliphatic heterocycles. The summed E-state index contributed by atoms with van der Waals surface area (Å²) < 4.78 is 43.7. The molecule has 112 valence electrons. The van der Waals surface area contributed by atoms with E-state index < -0.39 is 17.7 Å². The van der Waals surface area contributed by atoms with E-state index in [1.54, 1.807) is 0 Å².